The van der Waals surface area contributed by atoms with Crippen LogP contribution in [0.3, 0.4) is 0 Å². The normalized spacial score (nSPS) is 10.6. The van der Waals surface area contributed by atoms with Gasteiger partial charge in [-0.05, 0) is 19.1 Å². The van der Waals surface area contributed by atoms with Gasteiger partial charge in [-0.3, -0.25) is 4.79 Å². The molecule has 5 nitrogen and oxygen atoms in total. The van der Waals surface area contributed by atoms with E-state index in [1.54, 1.807) is 6.92 Å². The molecule has 0 saturated carbocycles. The fourth-order valence-corrected chi connectivity index (χ4v) is 2.29. The van der Waals surface area contributed by atoms with Gasteiger partial charge in [0.2, 0.25) is 5.91 Å². The zero-order valence-corrected chi connectivity index (χ0v) is 12.8. The number of carbonyl (C=O) groups excluding carboxylic acids is 1. The average Bonchev–Trinajstić information content (AvgIpc) is 2.92. The highest BCUT2D eigenvalue weighted by atomic mass is 19.1. The number of anilines is 1. The van der Waals surface area contributed by atoms with Crippen LogP contribution in [-0.2, 0) is 11.3 Å². The van der Waals surface area contributed by atoms with Crippen LogP contribution >= 0.6 is 0 Å². The van der Waals surface area contributed by atoms with Crippen LogP contribution in [0.25, 0.3) is 11.4 Å². The fourth-order valence-electron chi connectivity index (χ4n) is 2.29. The van der Waals surface area contributed by atoms with E-state index in [1.165, 1.54) is 4.68 Å². The van der Waals surface area contributed by atoms with Crippen molar-refractivity contribution < 1.29 is 13.6 Å². The summed E-state index contributed by atoms with van der Waals surface area (Å²) in [7, 11) is 0. The van der Waals surface area contributed by atoms with Gasteiger partial charge in [0, 0.05) is 11.6 Å². The quantitative estimate of drug-likeness (QED) is 0.800. The van der Waals surface area contributed by atoms with Crippen molar-refractivity contribution in [3.8, 4) is 11.4 Å². The molecule has 122 valence electrons. The van der Waals surface area contributed by atoms with Crippen molar-refractivity contribution >= 4 is 11.6 Å². The SMILES string of the molecule is Cc1nc(-c2ccccc2)n(CC(=O)Nc2cc(F)ccc2F)n1. The number of aryl methyl sites for hydroxylation is 1. The molecule has 24 heavy (non-hydrogen) atoms. The zero-order valence-electron chi connectivity index (χ0n) is 12.8. The summed E-state index contributed by atoms with van der Waals surface area (Å²) in [5.41, 5.74) is 0.598. The largest absolute Gasteiger partial charge is 0.322 e. The van der Waals surface area contributed by atoms with E-state index in [1.807, 2.05) is 30.3 Å². The lowest BCUT2D eigenvalue weighted by Gasteiger charge is -2.08. The van der Waals surface area contributed by atoms with Crippen molar-refractivity contribution in [1.82, 2.24) is 14.8 Å². The standard InChI is InChI=1S/C17H14F2N4O/c1-11-20-17(12-5-3-2-4-6-12)23(22-11)10-16(24)21-15-9-13(18)7-8-14(15)19/h2-9H,10H2,1H3,(H,21,24). The van der Waals surface area contributed by atoms with Crippen molar-refractivity contribution in [2.24, 2.45) is 0 Å². The molecule has 0 aliphatic heterocycles. The first-order valence-corrected chi connectivity index (χ1v) is 7.25. The maximum absolute atomic E-state index is 13.6. The molecule has 0 aliphatic carbocycles. The number of aromatic nitrogens is 3. The predicted molar refractivity (Wildman–Crippen MR) is 85.2 cm³/mol. The number of halogens is 2. The highest BCUT2D eigenvalue weighted by Gasteiger charge is 2.14. The maximum Gasteiger partial charge on any atom is 0.246 e. The molecule has 0 aliphatic rings. The molecule has 0 spiro atoms. The molecule has 0 radical (unpaired) electrons. The Morgan fingerprint density at radius 2 is 1.92 bits per heavy atom. The third-order valence-electron chi connectivity index (χ3n) is 3.31. The minimum atomic E-state index is -0.706. The van der Waals surface area contributed by atoms with Crippen LogP contribution in [0, 0.1) is 18.6 Å². The summed E-state index contributed by atoms with van der Waals surface area (Å²) in [5, 5.41) is 6.53. The Kier molecular flexibility index (Phi) is 4.33. The maximum atomic E-state index is 13.6. The summed E-state index contributed by atoms with van der Waals surface area (Å²) in [6.07, 6.45) is 0. The van der Waals surface area contributed by atoms with Crippen LogP contribution in [0.1, 0.15) is 5.82 Å². The summed E-state index contributed by atoms with van der Waals surface area (Å²) >= 11 is 0. The van der Waals surface area contributed by atoms with Crippen LogP contribution in [-0.4, -0.2) is 20.7 Å². The number of hydrogen-bond donors (Lipinski definition) is 1. The van der Waals surface area contributed by atoms with Crippen molar-refractivity contribution in [1.29, 1.82) is 0 Å². The number of nitrogens with one attached hydrogen (secondary N) is 1. The Morgan fingerprint density at radius 3 is 2.67 bits per heavy atom. The number of benzene rings is 2. The third kappa shape index (κ3) is 3.45. The molecule has 3 rings (SSSR count). The van der Waals surface area contributed by atoms with Crippen LogP contribution < -0.4 is 5.32 Å². The van der Waals surface area contributed by atoms with Gasteiger partial charge in [0.25, 0.3) is 0 Å². The molecule has 0 unspecified atom stereocenters. The summed E-state index contributed by atoms with van der Waals surface area (Å²) < 4.78 is 28.2. The van der Waals surface area contributed by atoms with Gasteiger partial charge >= 0.3 is 0 Å². The lowest BCUT2D eigenvalue weighted by Crippen LogP contribution is -2.21. The van der Waals surface area contributed by atoms with E-state index in [4.69, 9.17) is 0 Å². The van der Waals surface area contributed by atoms with E-state index in [9.17, 15) is 13.6 Å². The average molecular weight is 328 g/mol. The van der Waals surface area contributed by atoms with Gasteiger partial charge in [-0.2, -0.15) is 5.10 Å². The highest BCUT2D eigenvalue weighted by Crippen LogP contribution is 2.18. The molecule has 1 N–H and O–H groups in total. The minimum absolute atomic E-state index is 0.166. The molecule has 3 aromatic rings. The highest BCUT2D eigenvalue weighted by molar-refractivity contribution is 5.90. The second-order valence-electron chi connectivity index (χ2n) is 5.18. The minimum Gasteiger partial charge on any atom is -0.322 e. The monoisotopic (exact) mass is 328 g/mol. The van der Waals surface area contributed by atoms with E-state index in [0.717, 1.165) is 23.8 Å². The van der Waals surface area contributed by atoms with Gasteiger partial charge in [-0.15, -0.1) is 0 Å². The Hall–Kier alpha value is -3.09. The summed E-state index contributed by atoms with van der Waals surface area (Å²) in [4.78, 5) is 16.5. The van der Waals surface area contributed by atoms with Crippen LogP contribution in [0.4, 0.5) is 14.5 Å². The van der Waals surface area contributed by atoms with Crippen molar-refractivity contribution in [3.05, 3.63) is 66.0 Å². The van der Waals surface area contributed by atoms with Crippen LogP contribution in [0.2, 0.25) is 0 Å². The number of nitrogens with zero attached hydrogens (tertiary/aromatic N) is 3. The molecule has 0 bridgehead atoms. The Bertz CT molecular complexity index is 878. The van der Waals surface area contributed by atoms with Crippen molar-refractivity contribution in [2.45, 2.75) is 13.5 Å². The Labute approximate surface area is 137 Å². The number of amides is 1. The summed E-state index contributed by atoms with van der Waals surface area (Å²) in [6, 6.07) is 12.2. The molecule has 1 amide bonds. The van der Waals surface area contributed by atoms with Gasteiger partial charge in [0.15, 0.2) is 5.82 Å². The number of rotatable bonds is 4. The van der Waals surface area contributed by atoms with Crippen molar-refractivity contribution in [2.75, 3.05) is 5.32 Å². The molecule has 2 aromatic carbocycles. The first-order chi connectivity index (χ1) is 11.5. The van der Waals surface area contributed by atoms with Gasteiger partial charge in [0.1, 0.15) is 24.0 Å². The van der Waals surface area contributed by atoms with Crippen molar-refractivity contribution in [3.63, 3.8) is 0 Å². The molecule has 0 atom stereocenters. The topological polar surface area (TPSA) is 59.8 Å². The smallest absolute Gasteiger partial charge is 0.246 e. The fraction of sp³-hybridized carbons (Fsp3) is 0.118. The van der Waals surface area contributed by atoms with Crippen LogP contribution in [0.15, 0.2) is 48.5 Å². The van der Waals surface area contributed by atoms with E-state index >= 15 is 0 Å². The number of hydrogen-bond acceptors (Lipinski definition) is 3. The third-order valence-corrected chi connectivity index (χ3v) is 3.31. The predicted octanol–water partition coefficient (Wildman–Crippen LogP) is 3.17. The second-order valence-corrected chi connectivity index (χ2v) is 5.18. The molecule has 7 heteroatoms. The van der Waals surface area contributed by atoms with Gasteiger partial charge in [-0.1, -0.05) is 30.3 Å². The molecular formula is C17H14F2N4O. The van der Waals surface area contributed by atoms with Gasteiger partial charge in [-0.25, -0.2) is 18.4 Å². The molecule has 0 saturated heterocycles. The van der Waals surface area contributed by atoms with E-state index in [-0.39, 0.29) is 12.2 Å². The van der Waals surface area contributed by atoms with Crippen LogP contribution in [0.5, 0.6) is 0 Å². The molecule has 0 fully saturated rings. The molecular weight excluding hydrogens is 314 g/mol. The summed E-state index contributed by atoms with van der Waals surface area (Å²) in [6.45, 7) is 1.55. The first kappa shape index (κ1) is 15.8. The second kappa shape index (κ2) is 6.57. The first-order valence-electron chi connectivity index (χ1n) is 7.25. The molecule has 1 aromatic heterocycles. The zero-order chi connectivity index (χ0) is 17.1. The number of carbonyl (C=O) groups is 1. The Balaban J connectivity index is 1.81. The van der Waals surface area contributed by atoms with E-state index in [2.05, 4.69) is 15.4 Å². The van der Waals surface area contributed by atoms with E-state index in [0.29, 0.717) is 11.6 Å². The lowest BCUT2D eigenvalue weighted by atomic mass is 10.2. The summed E-state index contributed by atoms with van der Waals surface area (Å²) in [5.74, 6) is -0.820. The van der Waals surface area contributed by atoms with Gasteiger partial charge in [0.05, 0.1) is 5.69 Å². The lowest BCUT2D eigenvalue weighted by molar-refractivity contribution is -0.116. The Morgan fingerprint density at radius 1 is 1.17 bits per heavy atom. The van der Waals surface area contributed by atoms with E-state index < -0.39 is 17.5 Å². The van der Waals surface area contributed by atoms with Gasteiger partial charge < -0.3 is 5.32 Å². The molecule has 1 heterocycles.